The minimum absolute atomic E-state index is 0.119. The predicted octanol–water partition coefficient (Wildman–Crippen LogP) is 6.31. The Morgan fingerprint density at radius 3 is 1.39 bits per heavy atom. The maximum atomic E-state index is 12.5. The molecular formula is C26H52N2O3. The van der Waals surface area contributed by atoms with E-state index in [1.807, 2.05) is 27.7 Å². The Balaban J connectivity index is 3.78. The van der Waals surface area contributed by atoms with Crippen LogP contribution in [-0.4, -0.2) is 35.6 Å². The van der Waals surface area contributed by atoms with Crippen molar-refractivity contribution in [3.63, 3.8) is 0 Å². The first-order chi connectivity index (χ1) is 14.8. The van der Waals surface area contributed by atoms with Crippen molar-refractivity contribution in [2.75, 3.05) is 6.54 Å². The van der Waals surface area contributed by atoms with Crippen LogP contribution in [0.1, 0.15) is 125 Å². The van der Waals surface area contributed by atoms with E-state index in [2.05, 4.69) is 17.6 Å². The summed E-state index contributed by atoms with van der Waals surface area (Å²) in [4.78, 5) is 23.9. The minimum atomic E-state index is -0.974. The largest absolute Gasteiger partial charge is 0.480 e. The highest BCUT2D eigenvalue weighted by molar-refractivity contribution is 5.87. The van der Waals surface area contributed by atoms with E-state index < -0.39 is 12.0 Å². The molecule has 0 aliphatic rings. The molecule has 0 fully saturated rings. The molecule has 3 N–H and O–H groups in total. The summed E-state index contributed by atoms with van der Waals surface area (Å²) < 4.78 is 0. The monoisotopic (exact) mass is 440 g/mol. The molecule has 0 aromatic rings. The van der Waals surface area contributed by atoms with Crippen LogP contribution in [0.4, 0.5) is 0 Å². The van der Waals surface area contributed by atoms with Gasteiger partial charge in [-0.15, -0.1) is 0 Å². The number of carbonyl (C=O) groups excluding carboxylic acids is 1. The first kappa shape index (κ1) is 29.9. The zero-order valence-electron chi connectivity index (χ0n) is 21.2. The molecule has 184 valence electrons. The van der Waals surface area contributed by atoms with Crippen LogP contribution in [0, 0.1) is 11.8 Å². The van der Waals surface area contributed by atoms with Crippen molar-refractivity contribution in [2.24, 2.45) is 11.8 Å². The molecule has 0 unspecified atom stereocenters. The Morgan fingerprint density at radius 1 is 0.645 bits per heavy atom. The molecule has 0 aromatic heterocycles. The number of carbonyl (C=O) groups is 2. The van der Waals surface area contributed by atoms with Gasteiger partial charge < -0.3 is 15.7 Å². The van der Waals surface area contributed by atoms with E-state index in [1.54, 1.807) is 0 Å². The zero-order valence-corrected chi connectivity index (χ0v) is 21.2. The number of hydrogen-bond acceptors (Lipinski definition) is 3. The number of aliphatic carboxylic acids is 1. The number of nitrogens with one attached hydrogen (secondary N) is 2. The zero-order chi connectivity index (χ0) is 23.5. The van der Waals surface area contributed by atoms with Crippen molar-refractivity contribution in [1.82, 2.24) is 10.6 Å². The van der Waals surface area contributed by atoms with Crippen molar-refractivity contribution in [1.29, 1.82) is 0 Å². The van der Waals surface area contributed by atoms with E-state index >= 15 is 0 Å². The van der Waals surface area contributed by atoms with Gasteiger partial charge in [0.1, 0.15) is 6.04 Å². The Hall–Kier alpha value is -1.10. The van der Waals surface area contributed by atoms with Gasteiger partial charge in [-0.2, -0.15) is 0 Å². The summed E-state index contributed by atoms with van der Waals surface area (Å²) in [6.45, 7) is 10.7. The Labute approximate surface area is 192 Å². The minimum Gasteiger partial charge on any atom is -0.480 e. The first-order valence-electron chi connectivity index (χ1n) is 13.1. The van der Waals surface area contributed by atoms with Crippen LogP contribution in [0.2, 0.25) is 0 Å². The Bertz CT molecular complexity index is 452. The lowest BCUT2D eigenvalue weighted by atomic mass is 10.00. The molecular weight excluding hydrogens is 388 g/mol. The van der Waals surface area contributed by atoms with E-state index in [-0.39, 0.29) is 23.8 Å². The molecule has 1 amide bonds. The third-order valence-electron chi connectivity index (χ3n) is 6.07. The van der Waals surface area contributed by atoms with Crippen LogP contribution in [0.25, 0.3) is 0 Å². The van der Waals surface area contributed by atoms with Gasteiger partial charge in [0.2, 0.25) is 5.91 Å². The molecule has 0 saturated carbocycles. The molecule has 2 atom stereocenters. The van der Waals surface area contributed by atoms with Crippen molar-refractivity contribution in [3.8, 4) is 0 Å². The highest BCUT2D eigenvalue weighted by Crippen LogP contribution is 2.13. The Morgan fingerprint density at radius 2 is 1.03 bits per heavy atom. The van der Waals surface area contributed by atoms with Crippen molar-refractivity contribution in [2.45, 2.75) is 137 Å². The topological polar surface area (TPSA) is 78.4 Å². The third kappa shape index (κ3) is 16.2. The molecule has 0 aliphatic carbocycles. The molecule has 0 bridgehead atoms. The van der Waals surface area contributed by atoms with Gasteiger partial charge in [0.25, 0.3) is 0 Å². The van der Waals surface area contributed by atoms with Gasteiger partial charge in [0.05, 0.1) is 6.04 Å². The SMILES string of the molecule is CCCCCCCCCCCCCCCCN[C@H](C(=O)N[C@H](C(=O)O)C(C)C)C(C)C. The summed E-state index contributed by atoms with van der Waals surface area (Å²) in [7, 11) is 0. The second-order valence-electron chi connectivity index (χ2n) is 9.84. The first-order valence-corrected chi connectivity index (χ1v) is 13.1. The lowest BCUT2D eigenvalue weighted by Gasteiger charge is -2.25. The quantitative estimate of drug-likeness (QED) is 0.183. The normalized spacial score (nSPS) is 13.5. The fraction of sp³-hybridized carbons (Fsp3) is 0.923. The number of carboxylic acid groups (broad SMARTS) is 1. The maximum absolute atomic E-state index is 12.5. The summed E-state index contributed by atoms with van der Waals surface area (Å²) in [5, 5.41) is 15.3. The average molecular weight is 441 g/mol. The lowest BCUT2D eigenvalue weighted by molar-refractivity contribution is -0.143. The highest BCUT2D eigenvalue weighted by Gasteiger charge is 2.28. The highest BCUT2D eigenvalue weighted by atomic mass is 16.4. The fourth-order valence-electron chi connectivity index (χ4n) is 3.96. The lowest BCUT2D eigenvalue weighted by Crippen LogP contribution is -2.53. The van der Waals surface area contributed by atoms with Crippen LogP contribution >= 0.6 is 0 Å². The molecule has 0 radical (unpaired) electrons. The molecule has 5 nitrogen and oxygen atoms in total. The summed E-state index contributed by atoms with van der Waals surface area (Å²) in [5.74, 6) is -1.20. The second-order valence-corrected chi connectivity index (χ2v) is 9.84. The number of amides is 1. The van der Waals surface area contributed by atoms with Gasteiger partial charge >= 0.3 is 5.97 Å². The Kier molecular flexibility index (Phi) is 18.9. The summed E-state index contributed by atoms with van der Waals surface area (Å²) in [6.07, 6.45) is 18.7. The van der Waals surface area contributed by atoms with E-state index in [0.29, 0.717) is 0 Å². The van der Waals surface area contributed by atoms with Crippen LogP contribution in [0.15, 0.2) is 0 Å². The van der Waals surface area contributed by atoms with Crippen molar-refractivity contribution in [3.05, 3.63) is 0 Å². The summed E-state index contributed by atoms with van der Waals surface area (Å²) >= 11 is 0. The smallest absolute Gasteiger partial charge is 0.326 e. The van der Waals surface area contributed by atoms with E-state index in [0.717, 1.165) is 13.0 Å². The van der Waals surface area contributed by atoms with Crippen molar-refractivity contribution >= 4 is 11.9 Å². The fourth-order valence-corrected chi connectivity index (χ4v) is 3.96. The average Bonchev–Trinajstić information content (AvgIpc) is 2.70. The number of hydrogen-bond donors (Lipinski definition) is 3. The molecule has 0 rings (SSSR count). The molecule has 0 aliphatic heterocycles. The maximum Gasteiger partial charge on any atom is 0.326 e. The number of unbranched alkanes of at least 4 members (excludes halogenated alkanes) is 13. The van der Waals surface area contributed by atoms with Gasteiger partial charge in [-0.05, 0) is 24.8 Å². The van der Waals surface area contributed by atoms with Gasteiger partial charge in [0.15, 0.2) is 0 Å². The second kappa shape index (κ2) is 19.6. The predicted molar refractivity (Wildman–Crippen MR) is 131 cm³/mol. The molecule has 0 saturated heterocycles. The summed E-state index contributed by atoms with van der Waals surface area (Å²) in [6, 6.07) is -1.18. The number of carboxylic acids is 1. The molecule has 5 heteroatoms. The van der Waals surface area contributed by atoms with Gasteiger partial charge in [0, 0.05) is 0 Å². The standard InChI is InChI=1S/C26H52N2O3/c1-6-7-8-9-10-11-12-13-14-15-16-17-18-19-20-27-23(21(2)3)25(29)28-24(22(4)5)26(30)31/h21-24,27H,6-20H2,1-5H3,(H,28,29)(H,30,31)/t23-,24-/m0/s1. The molecule has 31 heavy (non-hydrogen) atoms. The molecule has 0 spiro atoms. The van der Waals surface area contributed by atoms with E-state index in [9.17, 15) is 14.7 Å². The van der Waals surface area contributed by atoms with Gasteiger partial charge in [-0.3, -0.25) is 4.79 Å². The van der Waals surface area contributed by atoms with Crippen LogP contribution in [0.5, 0.6) is 0 Å². The van der Waals surface area contributed by atoms with E-state index in [1.165, 1.54) is 83.5 Å². The van der Waals surface area contributed by atoms with Gasteiger partial charge in [-0.25, -0.2) is 4.79 Å². The van der Waals surface area contributed by atoms with Crippen LogP contribution in [-0.2, 0) is 9.59 Å². The third-order valence-corrected chi connectivity index (χ3v) is 6.07. The van der Waals surface area contributed by atoms with E-state index in [4.69, 9.17) is 0 Å². The van der Waals surface area contributed by atoms with Crippen LogP contribution in [0.3, 0.4) is 0 Å². The molecule has 0 heterocycles. The van der Waals surface area contributed by atoms with Crippen LogP contribution < -0.4 is 10.6 Å². The number of rotatable bonds is 21. The van der Waals surface area contributed by atoms with Crippen molar-refractivity contribution < 1.29 is 14.7 Å². The van der Waals surface area contributed by atoms with Gasteiger partial charge in [-0.1, -0.05) is 118 Å². The summed E-state index contributed by atoms with van der Waals surface area (Å²) in [5.41, 5.74) is 0. The molecule has 0 aromatic carbocycles.